The first-order chi connectivity index (χ1) is 11.0. The smallest absolute Gasteiger partial charge is 0.326 e. The second kappa shape index (κ2) is 7.77. The summed E-state index contributed by atoms with van der Waals surface area (Å²) in [5, 5.41) is 19.9. The molecule has 0 saturated heterocycles. The maximum Gasteiger partial charge on any atom is 0.326 e. The Balaban J connectivity index is 1.99. The van der Waals surface area contributed by atoms with Crippen molar-refractivity contribution < 1.29 is 14.7 Å². The molecule has 0 bridgehead atoms. The second-order valence-corrected chi connectivity index (χ2v) is 5.92. The van der Waals surface area contributed by atoms with E-state index in [4.69, 9.17) is 5.11 Å². The van der Waals surface area contributed by atoms with Gasteiger partial charge in [0, 0.05) is 5.69 Å². The lowest BCUT2D eigenvalue weighted by Gasteiger charge is -2.12. The zero-order valence-corrected chi connectivity index (χ0v) is 13.7. The molecular formula is C15H18N4O3S. The fourth-order valence-corrected chi connectivity index (χ4v) is 2.65. The van der Waals surface area contributed by atoms with E-state index in [0.717, 1.165) is 11.3 Å². The van der Waals surface area contributed by atoms with Gasteiger partial charge in [0.2, 0.25) is 5.91 Å². The molecule has 1 atom stereocenters. The topological polar surface area (TPSA) is 97.1 Å². The van der Waals surface area contributed by atoms with Crippen LogP contribution in [0.5, 0.6) is 0 Å². The number of nitrogens with one attached hydrogen (secondary N) is 1. The van der Waals surface area contributed by atoms with Crippen molar-refractivity contribution in [3.63, 3.8) is 0 Å². The van der Waals surface area contributed by atoms with E-state index in [1.165, 1.54) is 11.8 Å². The number of hydrogen-bond donors (Lipinski definition) is 2. The Morgan fingerprint density at radius 3 is 2.65 bits per heavy atom. The van der Waals surface area contributed by atoms with Gasteiger partial charge in [-0.2, -0.15) is 0 Å². The molecule has 0 spiro atoms. The standard InChI is InChI=1S/C15H18N4O3S/c1-3-12(14(21)22)17-13(20)8-23-15-18-16-9-19(15)11-6-4-10(2)5-7-11/h4-7,9,12H,3,8H2,1-2H3,(H,17,20)(H,21,22). The summed E-state index contributed by atoms with van der Waals surface area (Å²) in [4.78, 5) is 22.8. The van der Waals surface area contributed by atoms with E-state index in [1.54, 1.807) is 17.8 Å². The number of aliphatic carboxylic acids is 1. The lowest BCUT2D eigenvalue weighted by atomic mass is 10.2. The Kier molecular flexibility index (Phi) is 5.75. The molecule has 1 aromatic carbocycles. The first kappa shape index (κ1) is 17.0. The summed E-state index contributed by atoms with van der Waals surface area (Å²) in [6.07, 6.45) is 1.92. The number of rotatable bonds is 7. The van der Waals surface area contributed by atoms with Crippen LogP contribution in [0.1, 0.15) is 18.9 Å². The van der Waals surface area contributed by atoms with Gasteiger partial charge in [-0.15, -0.1) is 10.2 Å². The number of carbonyl (C=O) groups is 2. The van der Waals surface area contributed by atoms with Gasteiger partial charge in [0.1, 0.15) is 12.4 Å². The highest BCUT2D eigenvalue weighted by molar-refractivity contribution is 7.99. The lowest BCUT2D eigenvalue weighted by molar-refractivity contribution is -0.141. The Hall–Kier alpha value is -2.35. The maximum atomic E-state index is 11.9. The predicted molar refractivity (Wildman–Crippen MR) is 86.7 cm³/mol. The van der Waals surface area contributed by atoms with Crippen molar-refractivity contribution in [3.8, 4) is 5.69 Å². The average molecular weight is 334 g/mol. The van der Waals surface area contributed by atoms with Crippen molar-refractivity contribution >= 4 is 23.6 Å². The van der Waals surface area contributed by atoms with E-state index in [-0.39, 0.29) is 11.7 Å². The van der Waals surface area contributed by atoms with Gasteiger partial charge in [-0.3, -0.25) is 9.36 Å². The minimum absolute atomic E-state index is 0.0777. The van der Waals surface area contributed by atoms with Crippen LogP contribution >= 0.6 is 11.8 Å². The van der Waals surface area contributed by atoms with Crippen LogP contribution in [0.2, 0.25) is 0 Å². The fourth-order valence-electron chi connectivity index (χ4n) is 1.91. The molecule has 8 heteroatoms. The van der Waals surface area contributed by atoms with E-state index in [1.807, 2.05) is 31.2 Å². The zero-order chi connectivity index (χ0) is 16.8. The number of thioether (sulfide) groups is 1. The third-order valence-electron chi connectivity index (χ3n) is 3.20. The first-order valence-electron chi connectivity index (χ1n) is 7.13. The SMILES string of the molecule is CCC(NC(=O)CSc1nncn1-c1ccc(C)cc1)C(=O)O. The minimum atomic E-state index is -1.03. The molecule has 0 aliphatic carbocycles. The van der Waals surface area contributed by atoms with Gasteiger partial charge in [-0.05, 0) is 25.5 Å². The summed E-state index contributed by atoms with van der Waals surface area (Å²) in [6.45, 7) is 3.71. The van der Waals surface area contributed by atoms with Crippen LogP contribution in [-0.4, -0.2) is 43.5 Å². The van der Waals surface area contributed by atoms with Gasteiger partial charge < -0.3 is 10.4 Å². The molecule has 122 valence electrons. The first-order valence-corrected chi connectivity index (χ1v) is 8.12. The molecule has 7 nitrogen and oxygen atoms in total. The molecule has 0 aliphatic heterocycles. The molecule has 1 unspecified atom stereocenters. The quantitative estimate of drug-likeness (QED) is 0.747. The molecule has 2 N–H and O–H groups in total. The largest absolute Gasteiger partial charge is 0.480 e. The molecule has 2 rings (SSSR count). The highest BCUT2D eigenvalue weighted by Crippen LogP contribution is 2.19. The highest BCUT2D eigenvalue weighted by atomic mass is 32.2. The fraction of sp³-hybridized carbons (Fsp3) is 0.333. The van der Waals surface area contributed by atoms with E-state index >= 15 is 0 Å². The summed E-state index contributed by atoms with van der Waals surface area (Å²) in [5.41, 5.74) is 2.05. The van der Waals surface area contributed by atoms with Crippen LogP contribution < -0.4 is 5.32 Å². The van der Waals surface area contributed by atoms with Gasteiger partial charge >= 0.3 is 5.97 Å². The van der Waals surface area contributed by atoms with Gasteiger partial charge in [-0.25, -0.2) is 4.79 Å². The molecule has 0 saturated carbocycles. The zero-order valence-electron chi connectivity index (χ0n) is 12.9. The number of benzene rings is 1. The molecule has 1 amide bonds. The van der Waals surface area contributed by atoms with Gasteiger partial charge in [0.25, 0.3) is 0 Å². The molecular weight excluding hydrogens is 316 g/mol. The van der Waals surface area contributed by atoms with E-state index in [9.17, 15) is 9.59 Å². The molecule has 23 heavy (non-hydrogen) atoms. The summed E-state index contributed by atoms with van der Waals surface area (Å²) >= 11 is 1.21. The summed E-state index contributed by atoms with van der Waals surface area (Å²) < 4.78 is 1.78. The van der Waals surface area contributed by atoms with E-state index in [2.05, 4.69) is 15.5 Å². The molecule has 0 fully saturated rings. The van der Waals surface area contributed by atoms with Gasteiger partial charge in [0.05, 0.1) is 5.75 Å². The highest BCUT2D eigenvalue weighted by Gasteiger charge is 2.18. The van der Waals surface area contributed by atoms with Crippen LogP contribution in [0.3, 0.4) is 0 Å². The second-order valence-electron chi connectivity index (χ2n) is 4.97. The molecule has 0 radical (unpaired) electrons. The summed E-state index contributed by atoms with van der Waals surface area (Å²) in [5.74, 6) is -1.30. The summed E-state index contributed by atoms with van der Waals surface area (Å²) in [7, 11) is 0. The lowest BCUT2D eigenvalue weighted by Crippen LogP contribution is -2.41. The van der Waals surface area contributed by atoms with Crippen LogP contribution in [0.4, 0.5) is 0 Å². The number of carboxylic acid groups (broad SMARTS) is 1. The van der Waals surface area contributed by atoms with Crippen molar-refractivity contribution in [1.82, 2.24) is 20.1 Å². The van der Waals surface area contributed by atoms with Crippen molar-refractivity contribution in [2.24, 2.45) is 0 Å². The summed E-state index contributed by atoms with van der Waals surface area (Å²) in [6, 6.07) is 6.99. The normalized spacial score (nSPS) is 11.9. The average Bonchev–Trinajstić information content (AvgIpc) is 2.99. The Labute approximate surface area is 138 Å². The number of aromatic nitrogens is 3. The number of aryl methyl sites for hydroxylation is 1. The number of carbonyl (C=O) groups excluding carboxylic acids is 1. The van der Waals surface area contributed by atoms with Crippen LogP contribution in [0.25, 0.3) is 5.69 Å². The predicted octanol–water partition coefficient (Wildman–Crippen LogP) is 1.65. The van der Waals surface area contributed by atoms with Gasteiger partial charge in [0.15, 0.2) is 5.16 Å². The Morgan fingerprint density at radius 2 is 2.04 bits per heavy atom. The number of hydrogen-bond acceptors (Lipinski definition) is 5. The Bertz CT molecular complexity index is 684. The number of nitrogens with zero attached hydrogens (tertiary/aromatic N) is 3. The maximum absolute atomic E-state index is 11.9. The van der Waals surface area contributed by atoms with Crippen molar-refractivity contribution in [1.29, 1.82) is 0 Å². The van der Waals surface area contributed by atoms with Crippen molar-refractivity contribution in [3.05, 3.63) is 36.2 Å². The molecule has 1 heterocycles. The molecule has 2 aromatic rings. The van der Waals surface area contributed by atoms with Gasteiger partial charge in [-0.1, -0.05) is 36.4 Å². The minimum Gasteiger partial charge on any atom is -0.480 e. The van der Waals surface area contributed by atoms with E-state index < -0.39 is 12.0 Å². The Morgan fingerprint density at radius 1 is 1.35 bits per heavy atom. The number of amides is 1. The third-order valence-corrected chi connectivity index (χ3v) is 4.15. The van der Waals surface area contributed by atoms with Crippen LogP contribution in [0.15, 0.2) is 35.7 Å². The monoisotopic (exact) mass is 334 g/mol. The molecule has 1 aromatic heterocycles. The number of carboxylic acids is 1. The van der Waals surface area contributed by atoms with E-state index in [0.29, 0.717) is 11.6 Å². The third kappa shape index (κ3) is 4.56. The van der Waals surface area contributed by atoms with Crippen molar-refractivity contribution in [2.45, 2.75) is 31.5 Å². The van der Waals surface area contributed by atoms with Crippen molar-refractivity contribution in [2.75, 3.05) is 5.75 Å². The van der Waals surface area contributed by atoms with Crippen LogP contribution in [-0.2, 0) is 9.59 Å². The molecule has 0 aliphatic rings. The van der Waals surface area contributed by atoms with Crippen LogP contribution in [0, 0.1) is 6.92 Å².